The van der Waals surface area contributed by atoms with Crippen molar-refractivity contribution in [2.45, 2.75) is 5.92 Å². The number of rotatable bonds is 6. The third-order valence-electron chi connectivity index (χ3n) is 5.60. The topological polar surface area (TPSA) is 106 Å². The number of H-pyrrole nitrogens is 1. The first-order chi connectivity index (χ1) is 17.0. The first-order valence-electron chi connectivity index (χ1n) is 10.7. The van der Waals surface area contributed by atoms with E-state index in [0.29, 0.717) is 27.3 Å². The molecule has 0 radical (unpaired) electrons. The van der Waals surface area contributed by atoms with Crippen molar-refractivity contribution < 1.29 is 4.79 Å². The van der Waals surface area contributed by atoms with E-state index in [9.17, 15) is 9.59 Å². The van der Waals surface area contributed by atoms with E-state index in [1.54, 1.807) is 53.6 Å². The molecule has 1 unspecified atom stereocenters. The Balaban J connectivity index is 1.44. The Morgan fingerprint density at radius 2 is 1.77 bits per heavy atom. The maximum absolute atomic E-state index is 13.0. The van der Waals surface area contributed by atoms with Crippen LogP contribution in [-0.4, -0.2) is 37.2 Å². The van der Waals surface area contributed by atoms with Crippen molar-refractivity contribution in [3.63, 3.8) is 0 Å². The first-order valence-corrected chi connectivity index (χ1v) is 11.4. The molecule has 0 bridgehead atoms. The lowest BCUT2D eigenvalue weighted by atomic mass is 9.97. The molecule has 2 heterocycles. The zero-order chi connectivity index (χ0) is 24.4. The van der Waals surface area contributed by atoms with Crippen LogP contribution in [0, 0.1) is 0 Å². The second kappa shape index (κ2) is 9.69. The van der Waals surface area contributed by atoms with Crippen molar-refractivity contribution >= 4 is 40.0 Å². The fourth-order valence-electron chi connectivity index (χ4n) is 3.83. The van der Waals surface area contributed by atoms with Gasteiger partial charge in [0.25, 0.3) is 11.5 Å². The molecule has 174 valence electrons. The number of fused-ring (bicyclic) bond motifs is 1. The van der Waals surface area contributed by atoms with E-state index < -0.39 is 5.92 Å². The van der Waals surface area contributed by atoms with Gasteiger partial charge in [0.05, 0.1) is 27.4 Å². The Hall–Kier alpha value is -4.01. The van der Waals surface area contributed by atoms with E-state index in [2.05, 4.69) is 25.5 Å². The van der Waals surface area contributed by atoms with Gasteiger partial charge in [0.2, 0.25) is 0 Å². The summed E-state index contributed by atoms with van der Waals surface area (Å²) in [6, 6.07) is 19.5. The van der Waals surface area contributed by atoms with Gasteiger partial charge in [-0.05, 0) is 42.0 Å². The van der Waals surface area contributed by atoms with E-state index in [1.807, 2.05) is 30.3 Å². The summed E-state index contributed by atoms with van der Waals surface area (Å²) >= 11 is 12.5. The van der Waals surface area contributed by atoms with E-state index in [4.69, 9.17) is 23.2 Å². The normalized spacial score (nSPS) is 11.9. The predicted octanol–water partition coefficient (Wildman–Crippen LogP) is 4.37. The van der Waals surface area contributed by atoms with Crippen molar-refractivity contribution in [3.8, 4) is 5.69 Å². The van der Waals surface area contributed by atoms with Gasteiger partial charge in [-0.25, -0.2) is 4.98 Å². The van der Waals surface area contributed by atoms with Gasteiger partial charge in [0.1, 0.15) is 18.5 Å². The molecule has 0 fully saturated rings. The van der Waals surface area contributed by atoms with Gasteiger partial charge in [-0.2, -0.15) is 0 Å². The highest BCUT2D eigenvalue weighted by Gasteiger charge is 2.20. The standard InChI is InChI=1S/C25H18Cl2N6O2/c26-16-6-8-19-22(10-16)31-23(32-25(19)35)20(15-4-2-1-3-5-15)12-28-24(34)18-9-7-17(11-21(18)27)33-13-29-30-14-33/h1-11,13-14,20H,12H2,(H,28,34)(H,31,32,35). The summed E-state index contributed by atoms with van der Waals surface area (Å²) in [5.41, 5.74) is 2.14. The molecule has 0 aliphatic heterocycles. The average molecular weight is 505 g/mol. The lowest BCUT2D eigenvalue weighted by Crippen LogP contribution is -2.30. The molecule has 2 N–H and O–H groups in total. The molecule has 0 saturated carbocycles. The first kappa shape index (κ1) is 22.8. The molecular formula is C25H18Cl2N6O2. The van der Waals surface area contributed by atoms with Crippen LogP contribution in [0.4, 0.5) is 0 Å². The lowest BCUT2D eigenvalue weighted by molar-refractivity contribution is 0.0952. The van der Waals surface area contributed by atoms with E-state index in [0.717, 1.165) is 11.3 Å². The van der Waals surface area contributed by atoms with Crippen LogP contribution in [0.2, 0.25) is 10.0 Å². The number of carbonyl (C=O) groups excluding carboxylic acids is 1. The third kappa shape index (κ3) is 4.80. The molecule has 5 aromatic rings. The maximum atomic E-state index is 13.0. The average Bonchev–Trinajstić information content (AvgIpc) is 3.39. The number of aromatic amines is 1. The minimum atomic E-state index is -0.411. The highest BCUT2D eigenvalue weighted by Crippen LogP contribution is 2.24. The lowest BCUT2D eigenvalue weighted by Gasteiger charge is -2.18. The summed E-state index contributed by atoms with van der Waals surface area (Å²) in [6.45, 7) is 0.182. The van der Waals surface area contributed by atoms with Crippen LogP contribution in [0.15, 0.2) is 84.2 Å². The number of hydrogen-bond acceptors (Lipinski definition) is 5. The fraction of sp³-hybridized carbons (Fsp3) is 0.0800. The molecule has 0 aliphatic rings. The van der Waals surface area contributed by atoms with Crippen LogP contribution >= 0.6 is 23.2 Å². The highest BCUT2D eigenvalue weighted by molar-refractivity contribution is 6.34. The fourth-order valence-corrected chi connectivity index (χ4v) is 4.25. The minimum Gasteiger partial charge on any atom is -0.351 e. The van der Waals surface area contributed by atoms with Crippen molar-refractivity contribution in [1.82, 2.24) is 30.0 Å². The van der Waals surface area contributed by atoms with Crippen LogP contribution in [0.1, 0.15) is 27.7 Å². The van der Waals surface area contributed by atoms with Crippen LogP contribution in [-0.2, 0) is 0 Å². The molecular weight excluding hydrogens is 487 g/mol. The van der Waals surface area contributed by atoms with Crippen LogP contribution in [0.5, 0.6) is 0 Å². The smallest absolute Gasteiger partial charge is 0.258 e. The SMILES string of the molecule is O=C(NCC(c1ccccc1)c1nc2cc(Cl)ccc2c(=O)[nH]1)c1ccc(-n2cnnc2)cc1Cl. The molecule has 1 atom stereocenters. The molecule has 1 amide bonds. The Morgan fingerprint density at radius 3 is 2.51 bits per heavy atom. The van der Waals surface area contributed by atoms with Crippen molar-refractivity contribution in [2.24, 2.45) is 0 Å². The molecule has 3 aromatic carbocycles. The number of halogens is 2. The van der Waals surface area contributed by atoms with Crippen LogP contribution in [0.25, 0.3) is 16.6 Å². The third-order valence-corrected chi connectivity index (χ3v) is 6.15. The largest absolute Gasteiger partial charge is 0.351 e. The summed E-state index contributed by atoms with van der Waals surface area (Å²) in [4.78, 5) is 33.3. The monoisotopic (exact) mass is 504 g/mol. The van der Waals surface area contributed by atoms with Gasteiger partial charge in [-0.15, -0.1) is 10.2 Å². The quantitative estimate of drug-likeness (QED) is 0.357. The number of nitrogens with zero attached hydrogens (tertiary/aromatic N) is 4. The Bertz CT molecular complexity index is 1570. The molecule has 2 aromatic heterocycles. The second-order valence-corrected chi connectivity index (χ2v) is 8.66. The molecule has 0 saturated heterocycles. The van der Waals surface area contributed by atoms with Gasteiger partial charge in [-0.1, -0.05) is 53.5 Å². The number of benzene rings is 3. The Morgan fingerprint density at radius 1 is 1.00 bits per heavy atom. The minimum absolute atomic E-state index is 0.182. The maximum Gasteiger partial charge on any atom is 0.258 e. The summed E-state index contributed by atoms with van der Waals surface area (Å²) in [5, 5.41) is 11.7. The highest BCUT2D eigenvalue weighted by atomic mass is 35.5. The zero-order valence-corrected chi connectivity index (χ0v) is 19.7. The number of carbonyl (C=O) groups is 1. The summed E-state index contributed by atoms with van der Waals surface area (Å²) in [6.07, 6.45) is 3.08. The molecule has 35 heavy (non-hydrogen) atoms. The van der Waals surface area contributed by atoms with Crippen LogP contribution in [0.3, 0.4) is 0 Å². The summed E-state index contributed by atoms with van der Waals surface area (Å²) < 4.78 is 1.69. The molecule has 5 rings (SSSR count). The number of amides is 1. The van der Waals surface area contributed by atoms with Gasteiger partial charge in [-0.3, -0.25) is 14.2 Å². The van der Waals surface area contributed by atoms with Gasteiger partial charge in [0, 0.05) is 17.3 Å². The van der Waals surface area contributed by atoms with Crippen molar-refractivity contribution in [2.75, 3.05) is 6.54 Å². The molecule has 8 nitrogen and oxygen atoms in total. The molecule has 10 heteroatoms. The molecule has 0 spiro atoms. The molecule has 0 aliphatic carbocycles. The van der Waals surface area contributed by atoms with Crippen molar-refractivity contribution in [3.05, 3.63) is 117 Å². The van der Waals surface area contributed by atoms with E-state index in [-0.39, 0.29) is 23.0 Å². The summed E-state index contributed by atoms with van der Waals surface area (Å²) in [7, 11) is 0. The van der Waals surface area contributed by atoms with Gasteiger partial charge >= 0.3 is 0 Å². The van der Waals surface area contributed by atoms with E-state index in [1.165, 1.54) is 0 Å². The van der Waals surface area contributed by atoms with Crippen molar-refractivity contribution in [1.29, 1.82) is 0 Å². The number of hydrogen-bond donors (Lipinski definition) is 2. The van der Waals surface area contributed by atoms with Gasteiger partial charge < -0.3 is 10.3 Å². The Labute approximate surface area is 209 Å². The predicted molar refractivity (Wildman–Crippen MR) is 134 cm³/mol. The van der Waals surface area contributed by atoms with E-state index >= 15 is 0 Å². The Kier molecular flexibility index (Phi) is 6.31. The second-order valence-electron chi connectivity index (χ2n) is 7.82. The summed E-state index contributed by atoms with van der Waals surface area (Å²) in [5.74, 6) is -0.339. The number of aromatic nitrogens is 5. The van der Waals surface area contributed by atoms with Crippen LogP contribution < -0.4 is 10.9 Å². The number of nitrogens with one attached hydrogen (secondary N) is 2. The van der Waals surface area contributed by atoms with Gasteiger partial charge in [0.15, 0.2) is 0 Å². The zero-order valence-electron chi connectivity index (χ0n) is 18.2.